The molecule has 0 spiro atoms. The first-order valence-electron chi connectivity index (χ1n) is 13.0. The summed E-state index contributed by atoms with van der Waals surface area (Å²) in [4.78, 5) is 12.3. The van der Waals surface area contributed by atoms with Crippen LogP contribution in [0, 0.1) is 0 Å². The van der Waals surface area contributed by atoms with E-state index in [9.17, 15) is 0 Å². The van der Waals surface area contributed by atoms with E-state index in [4.69, 9.17) is 4.98 Å². The fourth-order valence-corrected chi connectivity index (χ4v) is 5.81. The molecule has 6 rings (SSSR count). The van der Waals surface area contributed by atoms with E-state index >= 15 is 0 Å². The molecular formula is C31H32BrClN4. The first kappa shape index (κ1) is 25.9. The van der Waals surface area contributed by atoms with Crippen LogP contribution in [0.15, 0.2) is 83.5 Å². The van der Waals surface area contributed by atoms with Gasteiger partial charge in [0.2, 0.25) is 5.95 Å². The third-order valence-electron chi connectivity index (χ3n) is 7.53. The summed E-state index contributed by atoms with van der Waals surface area (Å²) in [6.45, 7) is 3.66. The third kappa shape index (κ3) is 5.90. The molecule has 4 nitrogen and oxygen atoms in total. The number of hydrogen-bond acceptors (Lipinski definition) is 4. The molecule has 0 amide bonds. The lowest BCUT2D eigenvalue weighted by Crippen LogP contribution is -2.31. The number of benzene rings is 3. The Morgan fingerprint density at radius 3 is 2.43 bits per heavy atom. The molecule has 1 aromatic heterocycles. The van der Waals surface area contributed by atoms with Crippen LogP contribution in [0.4, 0.5) is 11.6 Å². The molecule has 1 N–H and O–H groups in total. The van der Waals surface area contributed by atoms with Crippen LogP contribution < -0.4 is 5.32 Å². The number of fused-ring (bicyclic) bond motifs is 3. The number of hydrogen-bond donors (Lipinski definition) is 1. The minimum absolute atomic E-state index is 0. The van der Waals surface area contributed by atoms with Gasteiger partial charge in [0, 0.05) is 34.4 Å². The number of halogens is 2. The molecule has 1 saturated heterocycles. The zero-order valence-electron chi connectivity index (χ0n) is 20.9. The highest BCUT2D eigenvalue weighted by atomic mass is 79.9. The Morgan fingerprint density at radius 1 is 0.892 bits per heavy atom. The molecule has 1 aliphatic heterocycles. The summed E-state index contributed by atoms with van der Waals surface area (Å²) in [6, 6.07) is 26.1. The van der Waals surface area contributed by atoms with E-state index in [2.05, 4.69) is 104 Å². The summed E-state index contributed by atoms with van der Waals surface area (Å²) in [5.41, 5.74) is 8.48. The third-order valence-corrected chi connectivity index (χ3v) is 8.06. The highest BCUT2D eigenvalue weighted by Gasteiger charge is 2.27. The molecule has 1 fully saturated rings. The number of rotatable bonds is 6. The number of nitrogens with zero attached hydrogens (tertiary/aromatic N) is 3. The van der Waals surface area contributed by atoms with Crippen LogP contribution in [0.1, 0.15) is 47.4 Å². The summed E-state index contributed by atoms with van der Waals surface area (Å²) >= 11 is 3.56. The van der Waals surface area contributed by atoms with Gasteiger partial charge in [-0.25, -0.2) is 9.97 Å². The lowest BCUT2D eigenvalue weighted by molar-refractivity contribution is 0.231. The Hall–Kier alpha value is -2.73. The van der Waals surface area contributed by atoms with Crippen LogP contribution in [-0.4, -0.2) is 34.5 Å². The number of likely N-dealkylation sites (tertiary alicyclic amines) is 1. The van der Waals surface area contributed by atoms with Gasteiger partial charge in [-0.1, -0.05) is 70.9 Å². The number of piperidine rings is 1. The molecule has 3 aromatic carbocycles. The summed E-state index contributed by atoms with van der Waals surface area (Å²) in [7, 11) is 0. The SMILES string of the molecule is Brc1ccc([C@@H]2Cc3cnc(Nc4ccc(CCN5CCCCC5)cc4)nc3-c3ccccc32)cc1.Cl. The fraction of sp³-hybridized carbons (Fsp3) is 0.290. The van der Waals surface area contributed by atoms with Gasteiger partial charge >= 0.3 is 0 Å². The largest absolute Gasteiger partial charge is 0.324 e. The normalized spacial score (nSPS) is 16.8. The van der Waals surface area contributed by atoms with E-state index in [0.29, 0.717) is 11.9 Å². The Labute approximate surface area is 234 Å². The second kappa shape index (κ2) is 11.8. The molecule has 0 saturated carbocycles. The summed E-state index contributed by atoms with van der Waals surface area (Å²) in [6.07, 6.45) is 8.09. The molecule has 0 bridgehead atoms. The zero-order valence-corrected chi connectivity index (χ0v) is 23.3. The van der Waals surface area contributed by atoms with Gasteiger partial charge in [-0.05, 0) is 85.3 Å². The first-order valence-corrected chi connectivity index (χ1v) is 13.8. The maximum absolute atomic E-state index is 4.98. The maximum Gasteiger partial charge on any atom is 0.227 e. The lowest BCUT2D eigenvalue weighted by atomic mass is 9.78. The van der Waals surface area contributed by atoms with Gasteiger partial charge < -0.3 is 10.2 Å². The van der Waals surface area contributed by atoms with Crippen molar-refractivity contribution in [1.82, 2.24) is 14.9 Å². The Bertz CT molecular complexity index is 1330. The van der Waals surface area contributed by atoms with Gasteiger partial charge in [0.05, 0.1) is 5.69 Å². The molecule has 0 radical (unpaired) electrons. The standard InChI is InChI=1S/C31H31BrN4.ClH/c32-25-12-10-23(11-13-25)29-20-24-21-33-31(35-30(24)28-7-3-2-6-27(28)29)34-26-14-8-22(9-15-26)16-19-36-17-4-1-5-18-36;/h2-3,6-15,21,29H,1,4-5,16-20H2,(H,33,34,35);1H/t29-;/m0./s1. The highest BCUT2D eigenvalue weighted by Crippen LogP contribution is 2.42. The molecule has 2 aliphatic rings. The van der Waals surface area contributed by atoms with Crippen molar-refractivity contribution in [2.75, 3.05) is 25.0 Å². The molecule has 1 aliphatic carbocycles. The van der Waals surface area contributed by atoms with E-state index in [0.717, 1.165) is 35.2 Å². The Balaban J connectivity index is 0.00000280. The second-order valence-electron chi connectivity index (χ2n) is 9.94. The number of nitrogens with one attached hydrogen (secondary N) is 1. The van der Waals surface area contributed by atoms with E-state index in [-0.39, 0.29) is 12.4 Å². The number of aromatic nitrogens is 2. The predicted octanol–water partition coefficient (Wildman–Crippen LogP) is 7.79. The monoisotopic (exact) mass is 574 g/mol. The van der Waals surface area contributed by atoms with E-state index in [1.54, 1.807) is 0 Å². The van der Waals surface area contributed by atoms with Gasteiger partial charge in [0.25, 0.3) is 0 Å². The van der Waals surface area contributed by atoms with E-state index in [1.807, 2.05) is 6.20 Å². The highest BCUT2D eigenvalue weighted by molar-refractivity contribution is 9.10. The van der Waals surface area contributed by atoms with Crippen molar-refractivity contribution < 1.29 is 0 Å². The smallest absolute Gasteiger partial charge is 0.227 e. The van der Waals surface area contributed by atoms with Crippen LogP contribution in [0.3, 0.4) is 0 Å². The van der Waals surface area contributed by atoms with Gasteiger partial charge in [0.15, 0.2) is 0 Å². The Morgan fingerprint density at radius 2 is 1.65 bits per heavy atom. The second-order valence-corrected chi connectivity index (χ2v) is 10.9. The maximum atomic E-state index is 4.98. The van der Waals surface area contributed by atoms with Crippen LogP contribution in [0.25, 0.3) is 11.3 Å². The molecule has 2 heterocycles. The lowest BCUT2D eigenvalue weighted by Gasteiger charge is -2.27. The van der Waals surface area contributed by atoms with Crippen molar-refractivity contribution >= 4 is 40.0 Å². The van der Waals surface area contributed by atoms with Crippen molar-refractivity contribution in [1.29, 1.82) is 0 Å². The molecule has 6 heteroatoms. The van der Waals surface area contributed by atoms with E-state index < -0.39 is 0 Å². The molecule has 1 atom stereocenters. The average Bonchev–Trinajstić information content (AvgIpc) is 2.93. The summed E-state index contributed by atoms with van der Waals surface area (Å²) in [5.74, 6) is 0.952. The first-order chi connectivity index (χ1) is 17.7. The molecule has 0 unspecified atom stereocenters. The fourth-order valence-electron chi connectivity index (χ4n) is 5.54. The average molecular weight is 576 g/mol. The van der Waals surface area contributed by atoms with Crippen molar-refractivity contribution in [3.8, 4) is 11.3 Å². The molecule has 4 aromatic rings. The van der Waals surface area contributed by atoms with Gasteiger partial charge in [0.1, 0.15) is 0 Å². The van der Waals surface area contributed by atoms with Gasteiger partial charge in [-0.15, -0.1) is 12.4 Å². The van der Waals surface area contributed by atoms with Crippen LogP contribution in [0.2, 0.25) is 0 Å². The van der Waals surface area contributed by atoms with Crippen LogP contribution in [0.5, 0.6) is 0 Å². The van der Waals surface area contributed by atoms with Crippen LogP contribution in [-0.2, 0) is 12.8 Å². The molecule has 190 valence electrons. The summed E-state index contributed by atoms with van der Waals surface area (Å²) in [5, 5.41) is 3.43. The van der Waals surface area contributed by atoms with Gasteiger partial charge in [-0.2, -0.15) is 0 Å². The molecular weight excluding hydrogens is 544 g/mol. The van der Waals surface area contributed by atoms with Crippen molar-refractivity contribution in [3.63, 3.8) is 0 Å². The molecule has 37 heavy (non-hydrogen) atoms. The minimum atomic E-state index is 0. The summed E-state index contributed by atoms with van der Waals surface area (Å²) < 4.78 is 1.10. The quantitative estimate of drug-likeness (QED) is 0.255. The van der Waals surface area contributed by atoms with Crippen molar-refractivity contribution in [2.45, 2.75) is 38.0 Å². The van der Waals surface area contributed by atoms with Crippen molar-refractivity contribution in [3.05, 3.63) is 106 Å². The van der Waals surface area contributed by atoms with Gasteiger partial charge in [-0.3, -0.25) is 0 Å². The topological polar surface area (TPSA) is 41.1 Å². The minimum Gasteiger partial charge on any atom is -0.324 e. The predicted molar refractivity (Wildman–Crippen MR) is 158 cm³/mol. The van der Waals surface area contributed by atoms with Crippen LogP contribution >= 0.6 is 28.3 Å². The Kier molecular flexibility index (Phi) is 8.23. The number of anilines is 2. The van der Waals surface area contributed by atoms with E-state index in [1.165, 1.54) is 60.2 Å². The zero-order chi connectivity index (χ0) is 24.3. The van der Waals surface area contributed by atoms with Crippen molar-refractivity contribution in [2.24, 2.45) is 0 Å².